The van der Waals surface area contributed by atoms with E-state index in [2.05, 4.69) is 12.1 Å². The van der Waals surface area contributed by atoms with Crippen molar-refractivity contribution in [1.29, 1.82) is 0 Å². The highest BCUT2D eigenvalue weighted by molar-refractivity contribution is 7.12. The number of amides is 2. The molecule has 1 saturated heterocycles. The molecule has 0 N–H and O–H groups in total. The Morgan fingerprint density at radius 3 is 2.47 bits per heavy atom. The van der Waals surface area contributed by atoms with Crippen molar-refractivity contribution in [2.75, 3.05) is 32.8 Å². The minimum atomic E-state index is -0.311. The van der Waals surface area contributed by atoms with E-state index >= 15 is 0 Å². The van der Waals surface area contributed by atoms with Gasteiger partial charge in [-0.25, -0.2) is 4.79 Å². The molecule has 2 amide bonds. The van der Waals surface area contributed by atoms with Crippen molar-refractivity contribution in [3.8, 4) is 5.75 Å². The van der Waals surface area contributed by atoms with E-state index < -0.39 is 0 Å². The second-order valence-electron chi connectivity index (χ2n) is 7.10. The number of benzene rings is 2. The molecule has 30 heavy (non-hydrogen) atoms. The molecule has 156 valence electrons. The molecule has 2 aromatic carbocycles. The average Bonchev–Trinajstić information content (AvgIpc) is 3.26. The Hall–Kier alpha value is -3.06. The van der Waals surface area contributed by atoms with Gasteiger partial charge in [0.1, 0.15) is 12.4 Å². The van der Waals surface area contributed by atoms with E-state index in [-0.39, 0.29) is 12.0 Å². The summed E-state index contributed by atoms with van der Waals surface area (Å²) in [5, 5.41) is 4.28. The highest BCUT2D eigenvalue weighted by Gasteiger charge is 2.26. The van der Waals surface area contributed by atoms with Crippen LogP contribution in [0.25, 0.3) is 10.8 Å². The van der Waals surface area contributed by atoms with Gasteiger partial charge >= 0.3 is 6.09 Å². The quantitative estimate of drug-likeness (QED) is 0.609. The summed E-state index contributed by atoms with van der Waals surface area (Å²) in [5.74, 6) is 0.809. The van der Waals surface area contributed by atoms with Gasteiger partial charge in [0.2, 0.25) is 0 Å². The number of piperazine rings is 1. The maximum Gasteiger partial charge on any atom is 0.409 e. The smallest absolute Gasteiger partial charge is 0.409 e. The zero-order valence-electron chi connectivity index (χ0n) is 16.9. The van der Waals surface area contributed by atoms with Crippen LogP contribution in [-0.2, 0) is 11.3 Å². The van der Waals surface area contributed by atoms with Crippen LogP contribution in [0.5, 0.6) is 5.75 Å². The first-order chi connectivity index (χ1) is 14.6. The van der Waals surface area contributed by atoms with Gasteiger partial charge in [0.15, 0.2) is 0 Å². The molecule has 0 atom stereocenters. The molecule has 7 heteroatoms. The van der Waals surface area contributed by atoms with Crippen LogP contribution in [-0.4, -0.2) is 54.6 Å². The van der Waals surface area contributed by atoms with Crippen molar-refractivity contribution >= 4 is 34.1 Å². The maximum atomic E-state index is 12.8. The third-order valence-electron chi connectivity index (χ3n) is 5.08. The first-order valence-corrected chi connectivity index (χ1v) is 10.9. The predicted octanol–water partition coefficient (Wildman–Crippen LogP) is 4.39. The molecule has 0 radical (unpaired) electrons. The third kappa shape index (κ3) is 4.57. The van der Waals surface area contributed by atoms with Crippen molar-refractivity contribution in [2.24, 2.45) is 0 Å². The van der Waals surface area contributed by atoms with E-state index in [1.54, 1.807) is 16.7 Å². The Labute approximate surface area is 179 Å². The highest BCUT2D eigenvalue weighted by Crippen LogP contribution is 2.23. The first-order valence-electron chi connectivity index (χ1n) is 10.0. The third-order valence-corrected chi connectivity index (χ3v) is 6.05. The van der Waals surface area contributed by atoms with Crippen molar-refractivity contribution < 1.29 is 19.1 Å². The zero-order chi connectivity index (χ0) is 20.9. The van der Waals surface area contributed by atoms with Gasteiger partial charge in [-0.3, -0.25) is 4.79 Å². The van der Waals surface area contributed by atoms with Crippen LogP contribution in [0, 0.1) is 0 Å². The van der Waals surface area contributed by atoms with E-state index in [4.69, 9.17) is 9.47 Å². The molecule has 1 aliphatic heterocycles. The lowest BCUT2D eigenvalue weighted by molar-refractivity contribution is 0.0574. The molecule has 0 saturated carbocycles. The Balaban J connectivity index is 1.32. The first kappa shape index (κ1) is 20.2. The molecule has 0 aliphatic carbocycles. The summed E-state index contributed by atoms with van der Waals surface area (Å²) in [4.78, 5) is 28.7. The van der Waals surface area contributed by atoms with Crippen LogP contribution in [0.4, 0.5) is 4.79 Å². The SMILES string of the molecule is CCOC(=O)N1CCN(C(=O)c2cc(COc3ccc4ccccc4c3)cs2)CC1. The lowest BCUT2D eigenvalue weighted by Gasteiger charge is -2.33. The van der Waals surface area contributed by atoms with E-state index in [0.717, 1.165) is 16.7 Å². The highest BCUT2D eigenvalue weighted by atomic mass is 32.1. The normalized spacial score (nSPS) is 14.0. The van der Waals surface area contributed by atoms with E-state index in [9.17, 15) is 9.59 Å². The van der Waals surface area contributed by atoms with Crippen LogP contribution in [0.15, 0.2) is 53.9 Å². The summed E-state index contributed by atoms with van der Waals surface area (Å²) >= 11 is 1.43. The Morgan fingerprint density at radius 1 is 0.967 bits per heavy atom. The van der Waals surface area contributed by atoms with Gasteiger partial charge in [0, 0.05) is 31.7 Å². The van der Waals surface area contributed by atoms with Crippen molar-refractivity contribution in [3.05, 3.63) is 64.4 Å². The molecule has 0 bridgehead atoms. The molecular weight excluding hydrogens is 400 g/mol. The number of fused-ring (bicyclic) bond motifs is 1. The van der Waals surface area contributed by atoms with E-state index in [0.29, 0.717) is 44.3 Å². The van der Waals surface area contributed by atoms with Crippen LogP contribution in [0.1, 0.15) is 22.2 Å². The largest absolute Gasteiger partial charge is 0.489 e. The summed E-state index contributed by atoms with van der Waals surface area (Å²) in [5.41, 5.74) is 0.974. The lowest BCUT2D eigenvalue weighted by atomic mass is 10.1. The predicted molar refractivity (Wildman–Crippen MR) is 117 cm³/mol. The van der Waals surface area contributed by atoms with Gasteiger partial charge in [0.25, 0.3) is 5.91 Å². The molecule has 1 aromatic heterocycles. The molecular formula is C23H24N2O4S. The van der Waals surface area contributed by atoms with Crippen molar-refractivity contribution in [2.45, 2.75) is 13.5 Å². The second-order valence-corrected chi connectivity index (χ2v) is 8.01. The molecule has 1 fully saturated rings. The van der Waals surface area contributed by atoms with Crippen molar-refractivity contribution in [3.63, 3.8) is 0 Å². The molecule has 1 aliphatic rings. The van der Waals surface area contributed by atoms with Gasteiger partial charge in [0.05, 0.1) is 11.5 Å². The van der Waals surface area contributed by atoms with Gasteiger partial charge in [-0.05, 0) is 41.3 Å². The number of nitrogens with zero attached hydrogens (tertiary/aromatic N) is 2. The second kappa shape index (κ2) is 9.17. The van der Waals surface area contributed by atoms with Crippen molar-refractivity contribution in [1.82, 2.24) is 9.80 Å². The number of rotatable bonds is 5. The number of ether oxygens (including phenoxy) is 2. The fraction of sp³-hybridized carbons (Fsp3) is 0.304. The van der Waals surface area contributed by atoms with Gasteiger partial charge in [-0.2, -0.15) is 0 Å². The molecule has 2 heterocycles. The average molecular weight is 425 g/mol. The Morgan fingerprint density at radius 2 is 1.70 bits per heavy atom. The van der Waals surface area contributed by atoms with Crippen LogP contribution in [0.3, 0.4) is 0 Å². The lowest BCUT2D eigenvalue weighted by Crippen LogP contribution is -2.50. The van der Waals surface area contributed by atoms with Crippen LogP contribution >= 0.6 is 11.3 Å². The maximum absolute atomic E-state index is 12.8. The molecule has 3 aromatic rings. The van der Waals surface area contributed by atoms with Crippen LogP contribution < -0.4 is 4.74 Å². The minimum Gasteiger partial charge on any atom is -0.489 e. The zero-order valence-corrected chi connectivity index (χ0v) is 17.7. The monoisotopic (exact) mass is 424 g/mol. The summed E-state index contributed by atoms with van der Waals surface area (Å²) in [6.45, 7) is 4.57. The van der Waals surface area contributed by atoms with Gasteiger partial charge in [-0.1, -0.05) is 30.3 Å². The topological polar surface area (TPSA) is 59.1 Å². The van der Waals surface area contributed by atoms with Crippen LogP contribution in [0.2, 0.25) is 0 Å². The Kier molecular flexibility index (Phi) is 6.18. The fourth-order valence-corrected chi connectivity index (χ4v) is 4.31. The summed E-state index contributed by atoms with van der Waals surface area (Å²) in [6.07, 6.45) is -0.311. The summed E-state index contributed by atoms with van der Waals surface area (Å²) in [6, 6.07) is 16.1. The van der Waals surface area contributed by atoms with Gasteiger partial charge in [-0.15, -0.1) is 11.3 Å². The Bertz CT molecular complexity index is 1040. The van der Waals surface area contributed by atoms with E-state index in [1.165, 1.54) is 16.7 Å². The molecule has 0 spiro atoms. The standard InChI is InChI=1S/C23H24N2O4S/c1-2-28-23(27)25-11-9-24(10-12-25)22(26)21-13-17(16-30-21)15-29-20-8-7-18-5-3-4-6-19(18)14-20/h3-8,13-14,16H,2,9-12,15H2,1H3. The minimum absolute atomic E-state index is 0.000430. The number of thiophene rings is 1. The molecule has 4 rings (SSSR count). The number of carbonyl (C=O) groups is 2. The molecule has 0 unspecified atom stereocenters. The summed E-state index contributed by atoms with van der Waals surface area (Å²) in [7, 11) is 0. The fourth-order valence-electron chi connectivity index (χ4n) is 3.45. The van der Waals surface area contributed by atoms with E-state index in [1.807, 2.05) is 41.8 Å². The molecule has 6 nitrogen and oxygen atoms in total. The number of hydrogen-bond donors (Lipinski definition) is 0. The summed E-state index contributed by atoms with van der Waals surface area (Å²) < 4.78 is 10.9. The number of carbonyl (C=O) groups excluding carboxylic acids is 2. The number of hydrogen-bond acceptors (Lipinski definition) is 5. The van der Waals surface area contributed by atoms with Gasteiger partial charge < -0.3 is 19.3 Å².